The van der Waals surface area contributed by atoms with E-state index >= 15 is 0 Å². The first-order valence-corrected chi connectivity index (χ1v) is 6.10. The zero-order valence-corrected chi connectivity index (χ0v) is 8.38. The minimum absolute atomic E-state index is 0.244. The second-order valence-corrected chi connectivity index (χ2v) is 5.70. The minimum atomic E-state index is -3.04. The van der Waals surface area contributed by atoms with E-state index in [0.29, 0.717) is 19.4 Å². The van der Waals surface area contributed by atoms with Gasteiger partial charge in [0.25, 0.3) is 0 Å². The molecule has 2 amide bonds. The molecule has 0 aromatic carbocycles. The number of sulfone groups is 1. The third-order valence-electron chi connectivity index (χ3n) is 2.30. The Morgan fingerprint density at radius 1 is 1.54 bits per heavy atom. The minimum Gasteiger partial charge on any atom is -0.351 e. The van der Waals surface area contributed by atoms with Crippen LogP contribution in [0.2, 0.25) is 0 Å². The van der Waals surface area contributed by atoms with Crippen molar-refractivity contribution in [3.63, 3.8) is 0 Å². The first-order valence-electron chi connectivity index (χ1n) is 4.14. The summed E-state index contributed by atoms with van der Waals surface area (Å²) in [6, 6.07) is -0.534. The van der Waals surface area contributed by atoms with Gasteiger partial charge in [-0.25, -0.2) is 13.2 Å². The van der Waals surface area contributed by atoms with E-state index in [-0.39, 0.29) is 6.54 Å². The molecule has 76 valence electrons. The fourth-order valence-corrected chi connectivity index (χ4v) is 2.53. The van der Waals surface area contributed by atoms with Crippen LogP contribution in [0.15, 0.2) is 0 Å². The van der Waals surface area contributed by atoms with Gasteiger partial charge < -0.3 is 10.6 Å². The number of hydrogen-bond acceptors (Lipinski definition) is 3. The highest BCUT2D eigenvalue weighted by Crippen LogP contribution is 2.15. The molecule has 1 heterocycles. The van der Waals surface area contributed by atoms with Crippen molar-refractivity contribution in [1.82, 2.24) is 4.90 Å². The summed E-state index contributed by atoms with van der Waals surface area (Å²) in [5.41, 5.74) is 5.06. The monoisotopic (exact) mass is 206 g/mol. The van der Waals surface area contributed by atoms with E-state index in [2.05, 4.69) is 0 Å². The molecule has 13 heavy (non-hydrogen) atoms. The smallest absolute Gasteiger partial charge is 0.314 e. The second kappa shape index (κ2) is 3.53. The van der Waals surface area contributed by atoms with Crippen LogP contribution in [0, 0.1) is 0 Å². The van der Waals surface area contributed by atoms with E-state index in [1.807, 2.05) is 0 Å². The van der Waals surface area contributed by atoms with Crippen molar-refractivity contribution >= 4 is 15.9 Å². The van der Waals surface area contributed by atoms with Crippen LogP contribution in [0.4, 0.5) is 4.79 Å². The molecule has 0 saturated carbocycles. The van der Waals surface area contributed by atoms with E-state index in [0.717, 1.165) is 0 Å². The predicted octanol–water partition coefficient (Wildman–Crippen LogP) is -0.426. The lowest BCUT2D eigenvalue weighted by Crippen LogP contribution is -2.47. The van der Waals surface area contributed by atoms with E-state index in [1.165, 1.54) is 11.2 Å². The van der Waals surface area contributed by atoms with Crippen molar-refractivity contribution < 1.29 is 13.2 Å². The molecule has 0 aromatic heterocycles. The summed E-state index contributed by atoms with van der Waals surface area (Å²) in [6.07, 6.45) is 2.53. The maximum atomic E-state index is 11.2. The van der Waals surface area contributed by atoms with Gasteiger partial charge in [0.05, 0.1) is 5.25 Å². The van der Waals surface area contributed by atoms with Gasteiger partial charge in [0.2, 0.25) is 0 Å². The van der Waals surface area contributed by atoms with Crippen molar-refractivity contribution in [3.05, 3.63) is 0 Å². The van der Waals surface area contributed by atoms with Crippen molar-refractivity contribution in [2.45, 2.75) is 18.1 Å². The molecule has 0 bridgehead atoms. The summed E-state index contributed by atoms with van der Waals surface area (Å²) in [7, 11) is -3.04. The lowest BCUT2D eigenvalue weighted by atomic mass is 10.1. The number of rotatable bonds is 1. The second-order valence-electron chi connectivity index (χ2n) is 3.38. The fourth-order valence-electron chi connectivity index (χ4n) is 1.49. The number of carbonyl (C=O) groups excluding carboxylic acids is 1. The van der Waals surface area contributed by atoms with Gasteiger partial charge in [-0.2, -0.15) is 0 Å². The van der Waals surface area contributed by atoms with Crippen LogP contribution in [-0.4, -0.2) is 43.9 Å². The maximum Gasteiger partial charge on any atom is 0.314 e. The Balaban J connectivity index is 2.67. The van der Waals surface area contributed by atoms with Crippen LogP contribution in [0.5, 0.6) is 0 Å². The number of carbonyl (C=O) groups is 1. The molecule has 6 heteroatoms. The molecule has 1 fully saturated rings. The molecule has 1 aliphatic heterocycles. The van der Waals surface area contributed by atoms with Crippen LogP contribution in [0.1, 0.15) is 12.8 Å². The largest absolute Gasteiger partial charge is 0.351 e. The van der Waals surface area contributed by atoms with Gasteiger partial charge in [0.15, 0.2) is 9.84 Å². The highest BCUT2D eigenvalue weighted by molar-refractivity contribution is 7.91. The molecule has 1 aliphatic rings. The van der Waals surface area contributed by atoms with Crippen LogP contribution in [-0.2, 0) is 9.84 Å². The van der Waals surface area contributed by atoms with Gasteiger partial charge in [-0.3, -0.25) is 0 Å². The van der Waals surface area contributed by atoms with E-state index in [1.54, 1.807) is 0 Å². The standard InChI is InChI=1S/C7H14N2O3S/c1-13(11,12)6-3-2-4-9(5-6)7(8)10/h6H,2-5H2,1H3,(H2,8,10). The highest BCUT2D eigenvalue weighted by atomic mass is 32.2. The summed E-state index contributed by atoms with van der Waals surface area (Å²) in [5.74, 6) is 0. The van der Waals surface area contributed by atoms with Crippen molar-refractivity contribution in [3.8, 4) is 0 Å². The Morgan fingerprint density at radius 2 is 2.15 bits per heavy atom. The van der Waals surface area contributed by atoms with Crippen LogP contribution in [0.25, 0.3) is 0 Å². The molecule has 0 radical (unpaired) electrons. The molecule has 1 unspecified atom stereocenters. The number of likely N-dealkylation sites (tertiary alicyclic amines) is 1. The van der Waals surface area contributed by atoms with Crippen molar-refractivity contribution in [1.29, 1.82) is 0 Å². The van der Waals surface area contributed by atoms with Gasteiger partial charge >= 0.3 is 6.03 Å². The first kappa shape index (κ1) is 10.3. The normalized spacial score (nSPS) is 24.4. The molecule has 2 N–H and O–H groups in total. The summed E-state index contributed by atoms with van der Waals surface area (Å²) in [5, 5.41) is -0.436. The number of hydrogen-bond donors (Lipinski definition) is 1. The first-order chi connectivity index (χ1) is 5.91. The molecule has 0 aliphatic carbocycles. The van der Waals surface area contributed by atoms with Gasteiger partial charge in [-0.15, -0.1) is 0 Å². The number of primary amides is 1. The van der Waals surface area contributed by atoms with Crippen molar-refractivity contribution in [2.24, 2.45) is 5.73 Å². The Bertz CT molecular complexity index is 299. The van der Waals surface area contributed by atoms with Gasteiger partial charge in [0.1, 0.15) is 0 Å². The van der Waals surface area contributed by atoms with Crippen LogP contribution in [0.3, 0.4) is 0 Å². The van der Waals surface area contributed by atoms with E-state index < -0.39 is 21.1 Å². The molecule has 1 saturated heterocycles. The topological polar surface area (TPSA) is 80.5 Å². The van der Waals surface area contributed by atoms with Crippen LogP contribution >= 0.6 is 0 Å². The quantitative estimate of drug-likeness (QED) is 0.632. The predicted molar refractivity (Wildman–Crippen MR) is 49.0 cm³/mol. The number of amides is 2. The fraction of sp³-hybridized carbons (Fsp3) is 0.857. The van der Waals surface area contributed by atoms with Crippen LogP contribution < -0.4 is 5.73 Å². The average Bonchev–Trinajstić information content (AvgIpc) is 2.03. The summed E-state index contributed by atoms with van der Waals surface area (Å²) in [4.78, 5) is 12.2. The Morgan fingerprint density at radius 3 is 2.62 bits per heavy atom. The van der Waals surface area contributed by atoms with E-state index in [9.17, 15) is 13.2 Å². The lowest BCUT2D eigenvalue weighted by molar-refractivity contribution is 0.196. The molecule has 5 nitrogen and oxygen atoms in total. The summed E-state index contributed by atoms with van der Waals surface area (Å²) in [6.45, 7) is 0.815. The Labute approximate surface area is 77.8 Å². The molecule has 1 atom stereocenters. The molecule has 1 rings (SSSR count). The molecular formula is C7H14N2O3S. The third kappa shape index (κ3) is 2.58. The number of urea groups is 1. The van der Waals surface area contributed by atoms with Gasteiger partial charge in [-0.1, -0.05) is 0 Å². The molecule has 0 aromatic rings. The zero-order chi connectivity index (χ0) is 10.1. The number of nitrogens with two attached hydrogens (primary N) is 1. The Hall–Kier alpha value is -0.780. The molecular weight excluding hydrogens is 192 g/mol. The third-order valence-corrected chi connectivity index (χ3v) is 3.89. The van der Waals surface area contributed by atoms with Gasteiger partial charge in [0, 0.05) is 19.3 Å². The highest BCUT2D eigenvalue weighted by Gasteiger charge is 2.28. The summed E-state index contributed by atoms with van der Waals surface area (Å²) < 4.78 is 22.4. The maximum absolute atomic E-state index is 11.2. The lowest BCUT2D eigenvalue weighted by Gasteiger charge is -2.30. The summed E-state index contributed by atoms with van der Waals surface area (Å²) >= 11 is 0. The number of piperidine rings is 1. The van der Waals surface area contributed by atoms with Crippen molar-refractivity contribution in [2.75, 3.05) is 19.3 Å². The molecule has 0 spiro atoms. The van der Waals surface area contributed by atoms with Gasteiger partial charge in [-0.05, 0) is 12.8 Å². The SMILES string of the molecule is CS(=O)(=O)C1CCCN(C(N)=O)C1. The Kier molecular flexibility index (Phi) is 2.80. The average molecular weight is 206 g/mol. The zero-order valence-electron chi connectivity index (χ0n) is 7.56. The van der Waals surface area contributed by atoms with E-state index in [4.69, 9.17) is 5.73 Å². The number of nitrogens with zero attached hydrogens (tertiary/aromatic N) is 1.